The van der Waals surface area contributed by atoms with Crippen molar-refractivity contribution in [3.05, 3.63) is 33.8 Å². The number of piperidine rings is 1. The molecule has 4 heteroatoms. The van der Waals surface area contributed by atoms with E-state index >= 15 is 0 Å². The van der Waals surface area contributed by atoms with Crippen LogP contribution in [0.3, 0.4) is 0 Å². The first kappa shape index (κ1) is 12.7. The summed E-state index contributed by atoms with van der Waals surface area (Å²) >= 11 is 12.2. The zero-order valence-electron chi connectivity index (χ0n) is 10.4. The predicted molar refractivity (Wildman–Crippen MR) is 74.6 cm³/mol. The number of hydrogen-bond donors (Lipinski definition) is 1. The standard InChI is InChI=1S/C14H17Cl2NO/c1-18-9-13-7-14(13,4-5-17-8-13)10-2-3-11(15)12(16)6-10/h2-3,6,17H,4-5,7-9H2,1H3. The average Bonchev–Trinajstić information content (AvgIpc) is 3.03. The largest absolute Gasteiger partial charge is 0.384 e. The van der Waals surface area contributed by atoms with E-state index in [1.165, 1.54) is 12.0 Å². The van der Waals surface area contributed by atoms with Crippen molar-refractivity contribution >= 4 is 23.2 Å². The first-order valence-corrected chi connectivity index (χ1v) is 7.04. The predicted octanol–water partition coefficient (Wildman–Crippen LogP) is 3.26. The van der Waals surface area contributed by atoms with Gasteiger partial charge in [0.05, 0.1) is 16.7 Å². The molecule has 2 nitrogen and oxygen atoms in total. The number of fused-ring (bicyclic) bond motifs is 1. The number of nitrogens with one attached hydrogen (secondary N) is 1. The molecular weight excluding hydrogens is 269 g/mol. The van der Waals surface area contributed by atoms with Gasteiger partial charge in [0, 0.05) is 24.5 Å². The van der Waals surface area contributed by atoms with Crippen LogP contribution in [0.4, 0.5) is 0 Å². The fraction of sp³-hybridized carbons (Fsp3) is 0.571. The van der Waals surface area contributed by atoms with Crippen LogP contribution in [-0.4, -0.2) is 26.8 Å². The summed E-state index contributed by atoms with van der Waals surface area (Å²) in [5.41, 5.74) is 1.80. The van der Waals surface area contributed by atoms with Gasteiger partial charge < -0.3 is 10.1 Å². The summed E-state index contributed by atoms with van der Waals surface area (Å²) in [5, 5.41) is 4.76. The Bertz CT molecular complexity index is 475. The highest BCUT2D eigenvalue weighted by Crippen LogP contribution is 2.67. The lowest BCUT2D eigenvalue weighted by molar-refractivity contribution is 0.116. The van der Waals surface area contributed by atoms with E-state index in [4.69, 9.17) is 27.9 Å². The topological polar surface area (TPSA) is 21.3 Å². The van der Waals surface area contributed by atoms with Gasteiger partial charge in [-0.25, -0.2) is 0 Å². The van der Waals surface area contributed by atoms with Gasteiger partial charge >= 0.3 is 0 Å². The zero-order valence-corrected chi connectivity index (χ0v) is 11.9. The lowest BCUT2D eigenvalue weighted by atomic mass is 9.81. The molecule has 1 aromatic carbocycles. The molecule has 0 radical (unpaired) electrons. The van der Waals surface area contributed by atoms with Crippen LogP contribution < -0.4 is 5.32 Å². The minimum Gasteiger partial charge on any atom is -0.384 e. The van der Waals surface area contributed by atoms with Crippen molar-refractivity contribution in [2.24, 2.45) is 5.41 Å². The molecule has 1 saturated carbocycles. The Hall–Kier alpha value is -0.280. The van der Waals surface area contributed by atoms with Crippen LogP contribution in [0.2, 0.25) is 10.0 Å². The molecular formula is C14H17Cl2NO. The van der Waals surface area contributed by atoms with Crippen LogP contribution in [0.25, 0.3) is 0 Å². The van der Waals surface area contributed by atoms with Gasteiger partial charge in [-0.3, -0.25) is 0 Å². The fourth-order valence-electron chi connectivity index (χ4n) is 3.61. The van der Waals surface area contributed by atoms with Crippen LogP contribution in [-0.2, 0) is 10.2 Å². The average molecular weight is 286 g/mol. The second kappa shape index (κ2) is 4.38. The van der Waals surface area contributed by atoms with E-state index in [2.05, 4.69) is 11.4 Å². The third-order valence-electron chi connectivity index (χ3n) is 4.62. The maximum atomic E-state index is 6.16. The van der Waals surface area contributed by atoms with Crippen molar-refractivity contribution in [2.75, 3.05) is 26.8 Å². The minimum atomic E-state index is 0.239. The molecule has 2 unspecified atom stereocenters. The lowest BCUT2D eigenvalue weighted by Crippen LogP contribution is -2.40. The van der Waals surface area contributed by atoms with Crippen molar-refractivity contribution in [2.45, 2.75) is 18.3 Å². The van der Waals surface area contributed by atoms with Crippen LogP contribution in [0.1, 0.15) is 18.4 Å². The van der Waals surface area contributed by atoms with Crippen LogP contribution in [0, 0.1) is 5.41 Å². The van der Waals surface area contributed by atoms with Gasteiger partial charge in [-0.2, -0.15) is 0 Å². The molecule has 0 bridgehead atoms. The second-order valence-electron chi connectivity index (χ2n) is 5.53. The fourth-order valence-corrected chi connectivity index (χ4v) is 3.91. The normalized spacial score (nSPS) is 34.2. The Kier molecular flexibility index (Phi) is 3.10. The first-order chi connectivity index (χ1) is 8.63. The summed E-state index contributed by atoms with van der Waals surface area (Å²) in [6.45, 7) is 2.90. The number of benzene rings is 1. The SMILES string of the molecule is COCC12CNCCC1(c1ccc(Cl)c(Cl)c1)C2. The Balaban J connectivity index is 1.97. The van der Waals surface area contributed by atoms with Gasteiger partial charge in [0.25, 0.3) is 0 Å². The summed E-state index contributed by atoms with van der Waals surface area (Å²) in [4.78, 5) is 0. The van der Waals surface area contributed by atoms with Crippen LogP contribution in [0.15, 0.2) is 18.2 Å². The van der Waals surface area contributed by atoms with Gasteiger partial charge in [-0.15, -0.1) is 0 Å². The molecule has 98 valence electrons. The minimum absolute atomic E-state index is 0.239. The Labute approximate surface area is 118 Å². The zero-order chi connectivity index (χ0) is 12.8. The van der Waals surface area contributed by atoms with E-state index in [-0.39, 0.29) is 10.8 Å². The first-order valence-electron chi connectivity index (χ1n) is 6.29. The molecule has 2 aliphatic rings. The van der Waals surface area contributed by atoms with Gasteiger partial charge in [-0.1, -0.05) is 29.3 Å². The van der Waals surface area contributed by atoms with Gasteiger partial charge in [0.2, 0.25) is 0 Å². The number of hydrogen-bond acceptors (Lipinski definition) is 2. The molecule has 1 N–H and O–H groups in total. The number of rotatable bonds is 3. The van der Waals surface area contributed by atoms with E-state index in [9.17, 15) is 0 Å². The summed E-state index contributed by atoms with van der Waals surface area (Å²) in [6.07, 6.45) is 2.33. The van der Waals surface area contributed by atoms with Gasteiger partial charge in [-0.05, 0) is 37.1 Å². The molecule has 1 aliphatic heterocycles. The monoisotopic (exact) mass is 285 g/mol. The third kappa shape index (κ3) is 1.70. The molecule has 0 aromatic heterocycles. The molecule has 1 aromatic rings. The van der Waals surface area contributed by atoms with Gasteiger partial charge in [0.15, 0.2) is 0 Å². The maximum Gasteiger partial charge on any atom is 0.0595 e. The smallest absolute Gasteiger partial charge is 0.0595 e. The number of methoxy groups -OCH3 is 1. The Morgan fingerprint density at radius 3 is 2.89 bits per heavy atom. The Morgan fingerprint density at radius 2 is 2.17 bits per heavy atom. The molecule has 0 amide bonds. The number of halogens is 2. The van der Waals surface area contributed by atoms with Crippen molar-refractivity contribution in [3.63, 3.8) is 0 Å². The molecule has 1 aliphatic carbocycles. The number of ether oxygens (including phenoxy) is 1. The Morgan fingerprint density at radius 1 is 1.33 bits per heavy atom. The third-order valence-corrected chi connectivity index (χ3v) is 5.35. The maximum absolute atomic E-state index is 6.16. The van der Waals surface area contributed by atoms with Crippen LogP contribution >= 0.6 is 23.2 Å². The summed E-state index contributed by atoms with van der Waals surface area (Å²) in [7, 11) is 1.78. The highest BCUT2D eigenvalue weighted by molar-refractivity contribution is 6.42. The van der Waals surface area contributed by atoms with Gasteiger partial charge in [0.1, 0.15) is 0 Å². The lowest BCUT2D eigenvalue weighted by Gasteiger charge is -2.31. The molecule has 3 rings (SSSR count). The van der Waals surface area contributed by atoms with E-state index in [0.29, 0.717) is 10.0 Å². The molecule has 0 spiro atoms. The molecule has 2 atom stereocenters. The van der Waals surface area contributed by atoms with E-state index in [1.54, 1.807) is 7.11 Å². The van der Waals surface area contributed by atoms with Crippen molar-refractivity contribution in [1.29, 1.82) is 0 Å². The van der Waals surface area contributed by atoms with Crippen LogP contribution in [0.5, 0.6) is 0 Å². The highest BCUT2D eigenvalue weighted by atomic mass is 35.5. The van der Waals surface area contributed by atoms with E-state index in [0.717, 1.165) is 26.1 Å². The summed E-state index contributed by atoms with van der Waals surface area (Å²) in [5.74, 6) is 0. The summed E-state index contributed by atoms with van der Waals surface area (Å²) in [6, 6.07) is 6.06. The molecule has 2 fully saturated rings. The molecule has 1 heterocycles. The van der Waals surface area contributed by atoms with Crippen molar-refractivity contribution in [3.8, 4) is 0 Å². The summed E-state index contributed by atoms with van der Waals surface area (Å²) < 4.78 is 5.43. The van der Waals surface area contributed by atoms with Crippen molar-refractivity contribution in [1.82, 2.24) is 5.32 Å². The quantitative estimate of drug-likeness (QED) is 0.921. The second-order valence-corrected chi connectivity index (χ2v) is 6.34. The highest BCUT2D eigenvalue weighted by Gasteiger charge is 2.68. The molecule has 18 heavy (non-hydrogen) atoms. The van der Waals surface area contributed by atoms with Crippen molar-refractivity contribution < 1.29 is 4.74 Å². The van der Waals surface area contributed by atoms with E-state index < -0.39 is 0 Å². The van der Waals surface area contributed by atoms with E-state index in [1.807, 2.05) is 12.1 Å². The molecule has 1 saturated heterocycles.